The Morgan fingerprint density at radius 1 is 1.04 bits per heavy atom. The summed E-state index contributed by atoms with van der Waals surface area (Å²) in [4.78, 5) is 12.2. The van der Waals surface area contributed by atoms with E-state index in [4.69, 9.17) is 4.74 Å². The predicted octanol–water partition coefficient (Wildman–Crippen LogP) is 2.26. The molecule has 2 rings (SSSR count). The number of anilines is 1. The van der Waals surface area contributed by atoms with E-state index in [9.17, 15) is 13.2 Å². The minimum atomic E-state index is -3.44. The van der Waals surface area contributed by atoms with Gasteiger partial charge in [0.2, 0.25) is 10.0 Å². The van der Waals surface area contributed by atoms with E-state index in [0.29, 0.717) is 19.6 Å². The Labute approximate surface area is 141 Å². The van der Waals surface area contributed by atoms with Crippen LogP contribution in [0.25, 0.3) is 0 Å². The highest BCUT2D eigenvalue weighted by Gasteiger charge is 2.13. The maximum absolute atomic E-state index is 12.2. The molecule has 1 amide bonds. The molecule has 24 heavy (non-hydrogen) atoms. The van der Waals surface area contributed by atoms with Gasteiger partial charge in [0, 0.05) is 6.54 Å². The quantitative estimate of drug-likeness (QED) is 0.717. The molecule has 6 nitrogen and oxygen atoms in total. The van der Waals surface area contributed by atoms with Crippen LogP contribution >= 0.6 is 0 Å². The van der Waals surface area contributed by atoms with Crippen LogP contribution in [0.2, 0.25) is 0 Å². The van der Waals surface area contributed by atoms with E-state index in [-0.39, 0.29) is 17.2 Å². The van der Waals surface area contributed by atoms with Gasteiger partial charge in [-0.3, -0.25) is 9.52 Å². The zero-order valence-corrected chi connectivity index (χ0v) is 14.2. The zero-order valence-electron chi connectivity index (χ0n) is 13.4. The van der Waals surface area contributed by atoms with Gasteiger partial charge in [0.1, 0.15) is 5.75 Å². The molecule has 0 radical (unpaired) electrons. The third-order valence-electron chi connectivity index (χ3n) is 3.09. The summed E-state index contributed by atoms with van der Waals surface area (Å²) in [6, 6.07) is 15.9. The monoisotopic (exact) mass is 348 g/mol. The molecule has 0 saturated carbocycles. The number of nitrogens with one attached hydrogen (secondary N) is 2. The molecule has 0 aliphatic carbocycles. The number of sulfonamides is 1. The highest BCUT2D eigenvalue weighted by atomic mass is 32.2. The van der Waals surface area contributed by atoms with Crippen molar-refractivity contribution in [2.45, 2.75) is 6.42 Å². The second-order valence-electron chi connectivity index (χ2n) is 5.19. The van der Waals surface area contributed by atoms with Crippen molar-refractivity contribution in [1.82, 2.24) is 5.32 Å². The topological polar surface area (TPSA) is 84.5 Å². The molecule has 0 aromatic heterocycles. The number of carbonyl (C=O) groups excluding carboxylic acids is 1. The number of rotatable bonds is 8. The first-order chi connectivity index (χ1) is 11.5. The first-order valence-corrected chi connectivity index (χ1v) is 9.38. The maximum atomic E-state index is 12.2. The Hall–Kier alpha value is -2.54. The summed E-state index contributed by atoms with van der Waals surface area (Å²) < 4.78 is 30.6. The Morgan fingerprint density at radius 3 is 2.42 bits per heavy atom. The SMILES string of the molecule is CS(=O)(=O)Nc1ccccc1C(=O)NCCCOc1ccccc1. The number of hydrogen-bond donors (Lipinski definition) is 2. The molecule has 0 fully saturated rings. The Kier molecular flexibility index (Phi) is 6.20. The molecule has 2 aromatic carbocycles. The third-order valence-corrected chi connectivity index (χ3v) is 3.68. The lowest BCUT2D eigenvalue weighted by molar-refractivity contribution is 0.0952. The number of carbonyl (C=O) groups is 1. The Balaban J connectivity index is 1.82. The Bertz CT molecular complexity index is 776. The van der Waals surface area contributed by atoms with E-state index in [1.807, 2.05) is 30.3 Å². The lowest BCUT2D eigenvalue weighted by Crippen LogP contribution is -2.27. The van der Waals surface area contributed by atoms with Crippen molar-refractivity contribution in [3.8, 4) is 5.75 Å². The fraction of sp³-hybridized carbons (Fsp3) is 0.235. The largest absolute Gasteiger partial charge is 0.494 e. The van der Waals surface area contributed by atoms with Gasteiger partial charge in [0.05, 0.1) is 24.1 Å². The average Bonchev–Trinajstić information content (AvgIpc) is 2.54. The molecule has 0 aliphatic rings. The highest BCUT2D eigenvalue weighted by molar-refractivity contribution is 7.92. The zero-order chi connectivity index (χ0) is 17.4. The normalized spacial score (nSPS) is 10.9. The van der Waals surface area contributed by atoms with Crippen LogP contribution in [0.1, 0.15) is 16.8 Å². The van der Waals surface area contributed by atoms with E-state index in [2.05, 4.69) is 10.0 Å². The van der Waals surface area contributed by atoms with E-state index in [0.717, 1.165) is 12.0 Å². The number of hydrogen-bond acceptors (Lipinski definition) is 4. The second kappa shape index (κ2) is 8.35. The van der Waals surface area contributed by atoms with Crippen molar-refractivity contribution in [3.63, 3.8) is 0 Å². The summed E-state index contributed by atoms with van der Waals surface area (Å²) in [5.41, 5.74) is 0.546. The molecule has 0 unspecified atom stereocenters. The maximum Gasteiger partial charge on any atom is 0.253 e. The van der Waals surface area contributed by atoms with Gasteiger partial charge in [-0.15, -0.1) is 0 Å². The molecule has 0 spiro atoms. The van der Waals surface area contributed by atoms with Gasteiger partial charge >= 0.3 is 0 Å². The molecule has 0 saturated heterocycles. The van der Waals surface area contributed by atoms with Crippen LogP contribution in [0.15, 0.2) is 54.6 Å². The summed E-state index contributed by atoms with van der Waals surface area (Å²) >= 11 is 0. The molecule has 0 atom stereocenters. The van der Waals surface area contributed by atoms with E-state index in [1.54, 1.807) is 24.3 Å². The number of amides is 1. The standard InChI is InChI=1S/C17H20N2O4S/c1-24(21,22)19-16-11-6-5-10-15(16)17(20)18-12-7-13-23-14-8-3-2-4-9-14/h2-6,8-11,19H,7,12-13H2,1H3,(H,18,20). The van der Waals surface area contributed by atoms with E-state index < -0.39 is 10.0 Å². The Morgan fingerprint density at radius 2 is 1.71 bits per heavy atom. The predicted molar refractivity (Wildman–Crippen MR) is 93.8 cm³/mol. The lowest BCUT2D eigenvalue weighted by Gasteiger charge is -2.11. The summed E-state index contributed by atoms with van der Waals surface area (Å²) in [7, 11) is -3.44. The smallest absolute Gasteiger partial charge is 0.253 e. The van der Waals surface area contributed by atoms with Gasteiger partial charge < -0.3 is 10.1 Å². The molecule has 0 bridgehead atoms. The first-order valence-electron chi connectivity index (χ1n) is 7.48. The summed E-state index contributed by atoms with van der Waals surface area (Å²) in [5.74, 6) is 0.452. The van der Waals surface area contributed by atoms with Crippen molar-refractivity contribution in [2.75, 3.05) is 24.1 Å². The lowest BCUT2D eigenvalue weighted by atomic mass is 10.1. The number of ether oxygens (including phenoxy) is 1. The number of benzene rings is 2. The highest BCUT2D eigenvalue weighted by Crippen LogP contribution is 2.16. The van der Waals surface area contributed by atoms with Gasteiger partial charge in [-0.2, -0.15) is 0 Å². The average molecular weight is 348 g/mol. The van der Waals surface area contributed by atoms with Crippen molar-refractivity contribution < 1.29 is 17.9 Å². The third kappa shape index (κ3) is 5.92. The molecule has 0 aliphatic heterocycles. The van der Waals surface area contributed by atoms with Crippen molar-refractivity contribution >= 4 is 21.6 Å². The van der Waals surface area contributed by atoms with Crippen LogP contribution in [0.5, 0.6) is 5.75 Å². The van der Waals surface area contributed by atoms with Crippen molar-refractivity contribution in [3.05, 3.63) is 60.2 Å². The number of para-hydroxylation sites is 2. The van der Waals surface area contributed by atoms with Gasteiger partial charge in [0.15, 0.2) is 0 Å². The van der Waals surface area contributed by atoms with Gasteiger partial charge in [0.25, 0.3) is 5.91 Å². The second-order valence-corrected chi connectivity index (χ2v) is 6.94. The van der Waals surface area contributed by atoms with Crippen LogP contribution in [-0.2, 0) is 10.0 Å². The molecular formula is C17H20N2O4S. The first kappa shape index (κ1) is 17.8. The van der Waals surface area contributed by atoms with Gasteiger partial charge in [-0.1, -0.05) is 30.3 Å². The van der Waals surface area contributed by atoms with Crippen LogP contribution in [0, 0.1) is 0 Å². The fourth-order valence-corrected chi connectivity index (χ4v) is 2.62. The molecular weight excluding hydrogens is 328 g/mol. The molecule has 2 N–H and O–H groups in total. The van der Waals surface area contributed by atoms with Crippen molar-refractivity contribution in [1.29, 1.82) is 0 Å². The van der Waals surface area contributed by atoms with E-state index in [1.165, 1.54) is 0 Å². The van der Waals surface area contributed by atoms with Crippen LogP contribution in [-0.4, -0.2) is 33.7 Å². The minimum absolute atomic E-state index is 0.262. The summed E-state index contributed by atoms with van der Waals surface area (Å²) in [5, 5.41) is 2.76. The molecule has 128 valence electrons. The molecule has 0 heterocycles. The van der Waals surface area contributed by atoms with E-state index >= 15 is 0 Å². The van der Waals surface area contributed by atoms with Gasteiger partial charge in [-0.25, -0.2) is 8.42 Å². The van der Waals surface area contributed by atoms with Crippen LogP contribution < -0.4 is 14.8 Å². The summed E-state index contributed by atoms with van der Waals surface area (Å²) in [6.07, 6.45) is 1.69. The molecule has 2 aromatic rings. The van der Waals surface area contributed by atoms with Crippen molar-refractivity contribution in [2.24, 2.45) is 0 Å². The summed E-state index contributed by atoms with van der Waals surface area (Å²) in [6.45, 7) is 0.909. The van der Waals surface area contributed by atoms with Crippen LogP contribution in [0.3, 0.4) is 0 Å². The van der Waals surface area contributed by atoms with Crippen LogP contribution in [0.4, 0.5) is 5.69 Å². The molecule has 7 heteroatoms. The minimum Gasteiger partial charge on any atom is -0.494 e. The fourth-order valence-electron chi connectivity index (χ4n) is 2.05. The van der Waals surface area contributed by atoms with Gasteiger partial charge in [-0.05, 0) is 30.7 Å².